The van der Waals surface area contributed by atoms with Crippen molar-refractivity contribution in [3.05, 3.63) is 17.5 Å². The molecule has 1 heterocycles. The largest absolute Gasteiger partial charge is 0.313 e. The van der Waals surface area contributed by atoms with Gasteiger partial charge in [0, 0.05) is 17.8 Å². The molecule has 18 heavy (non-hydrogen) atoms. The Morgan fingerprint density at radius 3 is 2.72 bits per heavy atom. The molecule has 102 valence electrons. The van der Waals surface area contributed by atoms with Crippen LogP contribution >= 0.6 is 0 Å². The van der Waals surface area contributed by atoms with E-state index in [1.807, 2.05) is 0 Å². The average Bonchev–Trinajstić information content (AvgIpc) is 2.81. The molecule has 1 aliphatic rings. The molecule has 0 aliphatic heterocycles. The van der Waals surface area contributed by atoms with Gasteiger partial charge in [-0.15, -0.1) is 0 Å². The molecule has 0 spiro atoms. The summed E-state index contributed by atoms with van der Waals surface area (Å²) in [4.78, 5) is 0. The van der Waals surface area contributed by atoms with E-state index in [1.165, 1.54) is 49.8 Å². The highest BCUT2D eigenvalue weighted by Crippen LogP contribution is 2.29. The summed E-state index contributed by atoms with van der Waals surface area (Å²) in [6, 6.07) is 0.663. The van der Waals surface area contributed by atoms with Gasteiger partial charge in [-0.1, -0.05) is 39.5 Å². The lowest BCUT2D eigenvalue weighted by molar-refractivity contribution is 0.321. The van der Waals surface area contributed by atoms with Crippen LogP contribution in [0.4, 0.5) is 0 Å². The Balaban J connectivity index is 2.14. The zero-order valence-corrected chi connectivity index (χ0v) is 11.9. The predicted octanol–water partition coefficient (Wildman–Crippen LogP) is 3.45. The van der Waals surface area contributed by atoms with E-state index in [2.05, 4.69) is 35.1 Å². The van der Waals surface area contributed by atoms with Gasteiger partial charge in [-0.25, -0.2) is 0 Å². The van der Waals surface area contributed by atoms with Gasteiger partial charge < -0.3 is 5.32 Å². The summed E-state index contributed by atoms with van der Waals surface area (Å²) >= 11 is 0. The van der Waals surface area contributed by atoms with Gasteiger partial charge in [0.1, 0.15) is 0 Å². The highest BCUT2D eigenvalue weighted by atomic mass is 15.3. The molecular weight excluding hydrogens is 222 g/mol. The minimum absolute atomic E-state index is 0.663. The van der Waals surface area contributed by atoms with Crippen molar-refractivity contribution in [3.63, 3.8) is 0 Å². The Hall–Kier alpha value is -0.830. The van der Waals surface area contributed by atoms with Gasteiger partial charge in [0.05, 0.1) is 12.2 Å². The first-order valence-corrected chi connectivity index (χ1v) is 7.62. The minimum Gasteiger partial charge on any atom is -0.313 e. The third kappa shape index (κ3) is 3.14. The molecule has 1 aromatic rings. The Morgan fingerprint density at radius 2 is 2.06 bits per heavy atom. The van der Waals surface area contributed by atoms with Crippen LogP contribution in [0.1, 0.15) is 69.7 Å². The molecule has 3 nitrogen and oxygen atoms in total. The summed E-state index contributed by atoms with van der Waals surface area (Å²) in [6.45, 7) is 6.42. The predicted molar refractivity (Wildman–Crippen MR) is 75.7 cm³/mol. The molecule has 2 rings (SSSR count). The number of aromatic nitrogens is 2. The fourth-order valence-electron chi connectivity index (χ4n) is 2.98. The molecule has 1 aliphatic carbocycles. The van der Waals surface area contributed by atoms with Crippen LogP contribution in [0.5, 0.6) is 0 Å². The lowest BCUT2D eigenvalue weighted by Crippen LogP contribution is -2.18. The first kappa shape index (κ1) is 13.6. The van der Waals surface area contributed by atoms with Crippen LogP contribution in [0.25, 0.3) is 0 Å². The molecule has 0 saturated heterocycles. The quantitative estimate of drug-likeness (QED) is 0.837. The molecule has 3 heteroatoms. The van der Waals surface area contributed by atoms with Crippen molar-refractivity contribution in [2.45, 2.75) is 71.4 Å². The maximum atomic E-state index is 4.69. The van der Waals surface area contributed by atoms with Crippen LogP contribution in [0.15, 0.2) is 6.20 Å². The summed E-state index contributed by atoms with van der Waals surface area (Å²) in [5.41, 5.74) is 2.88. The SMILES string of the molecule is CCCc1c(CNCC)cnn1C1CCCCC1. The van der Waals surface area contributed by atoms with Crippen LogP contribution in [0.3, 0.4) is 0 Å². The molecule has 0 bridgehead atoms. The summed E-state index contributed by atoms with van der Waals surface area (Å²) in [6.07, 6.45) is 11.2. The van der Waals surface area contributed by atoms with E-state index >= 15 is 0 Å². The van der Waals surface area contributed by atoms with Crippen molar-refractivity contribution < 1.29 is 0 Å². The van der Waals surface area contributed by atoms with Gasteiger partial charge in [0.25, 0.3) is 0 Å². The Morgan fingerprint density at radius 1 is 1.28 bits per heavy atom. The lowest BCUT2D eigenvalue weighted by Gasteiger charge is -2.24. The average molecular weight is 249 g/mol. The highest BCUT2D eigenvalue weighted by Gasteiger charge is 2.20. The molecule has 0 atom stereocenters. The van der Waals surface area contributed by atoms with Crippen molar-refractivity contribution in [1.29, 1.82) is 0 Å². The molecule has 1 fully saturated rings. The number of nitrogens with one attached hydrogen (secondary N) is 1. The third-order valence-electron chi connectivity index (χ3n) is 3.96. The fraction of sp³-hybridized carbons (Fsp3) is 0.800. The number of rotatable bonds is 6. The third-order valence-corrected chi connectivity index (χ3v) is 3.96. The maximum absolute atomic E-state index is 4.69. The lowest BCUT2D eigenvalue weighted by atomic mass is 9.95. The molecule has 1 aromatic heterocycles. The second-order valence-corrected chi connectivity index (χ2v) is 5.38. The van der Waals surface area contributed by atoms with E-state index in [9.17, 15) is 0 Å². The Labute approximate surface area is 111 Å². The van der Waals surface area contributed by atoms with E-state index in [-0.39, 0.29) is 0 Å². The highest BCUT2D eigenvalue weighted by molar-refractivity contribution is 5.18. The summed E-state index contributed by atoms with van der Waals surface area (Å²) in [5.74, 6) is 0. The smallest absolute Gasteiger partial charge is 0.0537 e. The van der Waals surface area contributed by atoms with Crippen LogP contribution in [-0.2, 0) is 13.0 Å². The van der Waals surface area contributed by atoms with Crippen molar-refractivity contribution in [1.82, 2.24) is 15.1 Å². The second-order valence-electron chi connectivity index (χ2n) is 5.38. The van der Waals surface area contributed by atoms with Crippen LogP contribution in [0.2, 0.25) is 0 Å². The fourth-order valence-corrected chi connectivity index (χ4v) is 2.98. The molecule has 1 N–H and O–H groups in total. The maximum Gasteiger partial charge on any atom is 0.0537 e. The van der Waals surface area contributed by atoms with Crippen LogP contribution in [0, 0.1) is 0 Å². The van der Waals surface area contributed by atoms with Crippen molar-refractivity contribution in [3.8, 4) is 0 Å². The van der Waals surface area contributed by atoms with Gasteiger partial charge in [-0.05, 0) is 25.8 Å². The first-order chi connectivity index (χ1) is 8.86. The molecule has 0 unspecified atom stereocenters. The molecule has 0 amide bonds. The van der Waals surface area contributed by atoms with E-state index in [4.69, 9.17) is 0 Å². The van der Waals surface area contributed by atoms with Gasteiger partial charge in [0.15, 0.2) is 0 Å². The normalized spacial score (nSPS) is 17.2. The van der Waals surface area contributed by atoms with Crippen LogP contribution in [-0.4, -0.2) is 16.3 Å². The van der Waals surface area contributed by atoms with Gasteiger partial charge in [-0.3, -0.25) is 4.68 Å². The van der Waals surface area contributed by atoms with Crippen molar-refractivity contribution in [2.24, 2.45) is 0 Å². The number of hydrogen-bond acceptors (Lipinski definition) is 2. The molecular formula is C15H27N3. The second kappa shape index (κ2) is 6.93. The Bertz CT molecular complexity index is 351. The summed E-state index contributed by atoms with van der Waals surface area (Å²) < 4.78 is 2.34. The molecule has 1 saturated carbocycles. The zero-order valence-electron chi connectivity index (χ0n) is 11.9. The first-order valence-electron chi connectivity index (χ1n) is 7.62. The van der Waals surface area contributed by atoms with E-state index in [0.29, 0.717) is 6.04 Å². The summed E-state index contributed by atoms with van der Waals surface area (Å²) in [7, 11) is 0. The molecule has 0 aromatic carbocycles. The molecule has 0 radical (unpaired) electrons. The van der Waals surface area contributed by atoms with E-state index in [1.54, 1.807) is 0 Å². The van der Waals surface area contributed by atoms with Gasteiger partial charge in [-0.2, -0.15) is 5.10 Å². The summed E-state index contributed by atoms with van der Waals surface area (Å²) in [5, 5.41) is 8.11. The number of nitrogens with zero attached hydrogens (tertiary/aromatic N) is 2. The Kier molecular flexibility index (Phi) is 5.24. The number of hydrogen-bond donors (Lipinski definition) is 1. The minimum atomic E-state index is 0.663. The zero-order chi connectivity index (χ0) is 12.8. The van der Waals surface area contributed by atoms with Crippen molar-refractivity contribution in [2.75, 3.05) is 6.54 Å². The standard InChI is InChI=1S/C15H27N3/c1-3-8-15-13(11-16-4-2)12-17-18(15)14-9-6-5-7-10-14/h12,14,16H,3-11H2,1-2H3. The van der Waals surface area contributed by atoms with E-state index in [0.717, 1.165) is 19.5 Å². The van der Waals surface area contributed by atoms with Crippen LogP contribution < -0.4 is 5.32 Å². The monoisotopic (exact) mass is 249 g/mol. The van der Waals surface area contributed by atoms with Gasteiger partial charge >= 0.3 is 0 Å². The van der Waals surface area contributed by atoms with Crippen molar-refractivity contribution >= 4 is 0 Å². The van der Waals surface area contributed by atoms with Gasteiger partial charge in [0.2, 0.25) is 0 Å². The van der Waals surface area contributed by atoms with E-state index < -0.39 is 0 Å². The topological polar surface area (TPSA) is 29.9 Å².